The molecule has 2 heterocycles. The summed E-state index contributed by atoms with van der Waals surface area (Å²) in [6.45, 7) is -0.262. The molecule has 0 saturated heterocycles. The number of hydrogen-bond donors (Lipinski definition) is 3. The summed E-state index contributed by atoms with van der Waals surface area (Å²) in [5, 5.41) is 11.8. The SMILES string of the molecule is O=C1C=C(Nc2cccc(-c3cnc[nH]3)c2)C(=O)N1CCO. The molecule has 2 aromatic rings. The van der Waals surface area contributed by atoms with Gasteiger partial charge in [0, 0.05) is 17.3 Å². The van der Waals surface area contributed by atoms with Crippen LogP contribution in [-0.2, 0) is 9.59 Å². The molecule has 1 aliphatic heterocycles. The number of nitrogens with one attached hydrogen (secondary N) is 2. The molecular weight excluding hydrogens is 284 g/mol. The topological polar surface area (TPSA) is 98.3 Å². The van der Waals surface area contributed by atoms with Crippen LogP contribution in [-0.4, -0.2) is 44.9 Å². The van der Waals surface area contributed by atoms with Crippen molar-refractivity contribution in [3.05, 3.63) is 48.6 Å². The maximum absolute atomic E-state index is 12.1. The van der Waals surface area contributed by atoms with E-state index in [2.05, 4.69) is 15.3 Å². The van der Waals surface area contributed by atoms with Crippen LogP contribution in [0.5, 0.6) is 0 Å². The number of β-amino-alcohol motifs (C(OH)–C–C–N with tert-alkyl or cyclic N) is 1. The van der Waals surface area contributed by atoms with Gasteiger partial charge in [-0.3, -0.25) is 14.5 Å². The minimum absolute atomic E-state index is 0.00642. The highest BCUT2D eigenvalue weighted by molar-refractivity contribution is 6.17. The number of carbonyl (C=O) groups is 2. The molecule has 1 aliphatic rings. The lowest BCUT2D eigenvalue weighted by atomic mass is 10.1. The lowest BCUT2D eigenvalue weighted by Crippen LogP contribution is -2.34. The van der Waals surface area contributed by atoms with Crippen LogP contribution in [0.25, 0.3) is 11.3 Å². The number of aromatic nitrogens is 2. The summed E-state index contributed by atoms with van der Waals surface area (Å²) in [7, 11) is 0. The number of aliphatic hydroxyl groups excluding tert-OH is 1. The largest absolute Gasteiger partial charge is 0.395 e. The van der Waals surface area contributed by atoms with E-state index in [9.17, 15) is 9.59 Å². The van der Waals surface area contributed by atoms with Gasteiger partial charge in [0.25, 0.3) is 11.8 Å². The van der Waals surface area contributed by atoms with Crippen molar-refractivity contribution < 1.29 is 14.7 Å². The van der Waals surface area contributed by atoms with E-state index in [1.54, 1.807) is 18.6 Å². The molecule has 0 bridgehead atoms. The van der Waals surface area contributed by atoms with E-state index >= 15 is 0 Å². The number of aliphatic hydroxyl groups is 1. The Morgan fingerprint density at radius 1 is 1.32 bits per heavy atom. The molecule has 2 amide bonds. The average Bonchev–Trinajstić information content (AvgIpc) is 3.13. The lowest BCUT2D eigenvalue weighted by Gasteiger charge is -2.13. The second-order valence-corrected chi connectivity index (χ2v) is 4.75. The molecule has 0 fully saturated rings. The highest BCUT2D eigenvalue weighted by Gasteiger charge is 2.30. The van der Waals surface area contributed by atoms with Gasteiger partial charge in [-0.2, -0.15) is 0 Å². The number of aromatic amines is 1. The smallest absolute Gasteiger partial charge is 0.277 e. The molecule has 112 valence electrons. The maximum Gasteiger partial charge on any atom is 0.277 e. The van der Waals surface area contributed by atoms with Crippen molar-refractivity contribution in [1.29, 1.82) is 0 Å². The predicted octanol–water partition coefficient (Wildman–Crippen LogP) is 0.734. The molecule has 7 nitrogen and oxygen atoms in total. The van der Waals surface area contributed by atoms with Crippen LogP contribution in [0.2, 0.25) is 0 Å². The number of rotatable bonds is 5. The first-order valence-electron chi connectivity index (χ1n) is 6.73. The molecule has 3 rings (SSSR count). The van der Waals surface area contributed by atoms with Gasteiger partial charge in [-0.1, -0.05) is 12.1 Å². The van der Waals surface area contributed by atoms with Crippen molar-refractivity contribution >= 4 is 17.5 Å². The molecule has 1 aromatic carbocycles. The molecule has 1 aromatic heterocycles. The fourth-order valence-electron chi connectivity index (χ4n) is 2.24. The van der Waals surface area contributed by atoms with Crippen molar-refractivity contribution in [3.63, 3.8) is 0 Å². The number of nitrogens with zero attached hydrogens (tertiary/aromatic N) is 2. The first-order valence-corrected chi connectivity index (χ1v) is 6.73. The molecule has 0 aliphatic carbocycles. The number of amides is 2. The van der Waals surface area contributed by atoms with Crippen LogP contribution < -0.4 is 5.32 Å². The molecule has 0 radical (unpaired) electrons. The van der Waals surface area contributed by atoms with Crippen molar-refractivity contribution in [2.45, 2.75) is 0 Å². The Kier molecular flexibility index (Phi) is 3.71. The van der Waals surface area contributed by atoms with Crippen LogP contribution in [0.1, 0.15) is 0 Å². The zero-order chi connectivity index (χ0) is 15.5. The van der Waals surface area contributed by atoms with E-state index in [1.165, 1.54) is 6.08 Å². The van der Waals surface area contributed by atoms with Gasteiger partial charge in [-0.05, 0) is 12.1 Å². The molecule has 0 spiro atoms. The third-order valence-electron chi connectivity index (χ3n) is 3.28. The van der Waals surface area contributed by atoms with Gasteiger partial charge in [0.1, 0.15) is 5.70 Å². The Bertz CT molecular complexity index is 737. The van der Waals surface area contributed by atoms with Crippen molar-refractivity contribution in [3.8, 4) is 11.3 Å². The minimum atomic E-state index is -0.439. The summed E-state index contributed by atoms with van der Waals surface area (Å²) in [5.74, 6) is -0.864. The van der Waals surface area contributed by atoms with Gasteiger partial charge >= 0.3 is 0 Å². The van der Waals surface area contributed by atoms with E-state index in [4.69, 9.17) is 5.11 Å². The van der Waals surface area contributed by atoms with Gasteiger partial charge in [0.15, 0.2) is 0 Å². The molecule has 7 heteroatoms. The molecule has 22 heavy (non-hydrogen) atoms. The van der Waals surface area contributed by atoms with E-state index in [0.717, 1.165) is 16.2 Å². The predicted molar refractivity (Wildman–Crippen MR) is 79.5 cm³/mol. The molecule has 3 N–H and O–H groups in total. The highest BCUT2D eigenvalue weighted by Crippen LogP contribution is 2.22. The van der Waals surface area contributed by atoms with Crippen LogP contribution in [0, 0.1) is 0 Å². The van der Waals surface area contributed by atoms with Crippen molar-refractivity contribution in [2.75, 3.05) is 18.5 Å². The Balaban J connectivity index is 1.80. The number of anilines is 1. The Labute approximate surface area is 126 Å². The van der Waals surface area contributed by atoms with Gasteiger partial charge in [-0.25, -0.2) is 4.98 Å². The second-order valence-electron chi connectivity index (χ2n) is 4.75. The standard InChI is InChI=1S/C15H14N4O3/c20-5-4-19-14(21)7-12(15(19)22)18-11-3-1-2-10(6-11)13-8-16-9-17-13/h1-3,6-9,18,20H,4-5H2,(H,16,17). The highest BCUT2D eigenvalue weighted by atomic mass is 16.3. The van der Waals surface area contributed by atoms with Crippen LogP contribution in [0.3, 0.4) is 0 Å². The number of benzene rings is 1. The number of imide groups is 1. The van der Waals surface area contributed by atoms with Gasteiger partial charge in [-0.15, -0.1) is 0 Å². The zero-order valence-corrected chi connectivity index (χ0v) is 11.6. The van der Waals surface area contributed by atoms with Gasteiger partial charge in [0.2, 0.25) is 0 Å². The first kappa shape index (κ1) is 14.0. The van der Waals surface area contributed by atoms with E-state index in [1.807, 2.05) is 18.2 Å². The molecule has 0 unspecified atom stereocenters. The molecule has 0 saturated carbocycles. The Morgan fingerprint density at radius 3 is 2.91 bits per heavy atom. The maximum atomic E-state index is 12.1. The van der Waals surface area contributed by atoms with E-state index < -0.39 is 11.8 Å². The van der Waals surface area contributed by atoms with E-state index in [0.29, 0.717) is 5.69 Å². The summed E-state index contributed by atoms with van der Waals surface area (Å²) in [4.78, 5) is 31.7. The first-order chi connectivity index (χ1) is 10.7. The summed E-state index contributed by atoms with van der Waals surface area (Å²) in [6.07, 6.45) is 4.52. The van der Waals surface area contributed by atoms with Gasteiger partial charge in [0.05, 0.1) is 31.4 Å². The number of H-pyrrole nitrogens is 1. The van der Waals surface area contributed by atoms with Crippen LogP contribution >= 0.6 is 0 Å². The summed E-state index contributed by atoms with van der Waals surface area (Å²) >= 11 is 0. The third kappa shape index (κ3) is 2.61. The van der Waals surface area contributed by atoms with Crippen molar-refractivity contribution in [2.24, 2.45) is 0 Å². The summed E-state index contributed by atoms with van der Waals surface area (Å²) in [6, 6.07) is 7.40. The zero-order valence-electron chi connectivity index (χ0n) is 11.6. The summed E-state index contributed by atoms with van der Waals surface area (Å²) in [5.41, 5.74) is 2.64. The van der Waals surface area contributed by atoms with Crippen LogP contribution in [0.15, 0.2) is 48.6 Å². The molecular formula is C15H14N4O3. The fourth-order valence-corrected chi connectivity index (χ4v) is 2.24. The quantitative estimate of drug-likeness (QED) is 0.707. The number of imidazole rings is 1. The Morgan fingerprint density at radius 2 is 2.18 bits per heavy atom. The minimum Gasteiger partial charge on any atom is -0.395 e. The lowest BCUT2D eigenvalue weighted by molar-refractivity contribution is -0.137. The summed E-state index contributed by atoms with van der Waals surface area (Å²) < 4.78 is 0. The number of hydrogen-bond acceptors (Lipinski definition) is 5. The van der Waals surface area contributed by atoms with Crippen molar-refractivity contribution in [1.82, 2.24) is 14.9 Å². The van der Waals surface area contributed by atoms with E-state index in [-0.39, 0.29) is 18.8 Å². The number of carbonyl (C=O) groups excluding carboxylic acids is 2. The third-order valence-corrected chi connectivity index (χ3v) is 3.28. The monoisotopic (exact) mass is 298 g/mol. The van der Waals surface area contributed by atoms with Crippen LogP contribution in [0.4, 0.5) is 5.69 Å². The average molecular weight is 298 g/mol. The van der Waals surface area contributed by atoms with Gasteiger partial charge < -0.3 is 15.4 Å². The fraction of sp³-hybridized carbons (Fsp3) is 0.133. The normalized spacial score (nSPS) is 14.4. The second kappa shape index (κ2) is 5.82. The molecule has 0 atom stereocenters. The Hall–Kier alpha value is -2.93.